The van der Waals surface area contributed by atoms with Gasteiger partial charge in [0.1, 0.15) is 5.69 Å². The van der Waals surface area contributed by atoms with Crippen LogP contribution in [0.5, 0.6) is 0 Å². The van der Waals surface area contributed by atoms with E-state index in [1.165, 1.54) is 0 Å². The predicted octanol–water partition coefficient (Wildman–Crippen LogP) is 3.72. The summed E-state index contributed by atoms with van der Waals surface area (Å²) in [6.07, 6.45) is 1.85. The van der Waals surface area contributed by atoms with Crippen LogP contribution in [0.3, 0.4) is 0 Å². The van der Waals surface area contributed by atoms with Crippen molar-refractivity contribution in [2.45, 2.75) is 32.7 Å². The first kappa shape index (κ1) is 13.7. The number of halogens is 2. The third-order valence-corrected chi connectivity index (χ3v) is 4.03. The molecule has 6 heteroatoms. The lowest BCUT2D eigenvalue weighted by Gasteiger charge is -2.21. The molecule has 4 nitrogen and oxygen atoms in total. The van der Waals surface area contributed by atoms with Crippen molar-refractivity contribution in [2.24, 2.45) is 11.8 Å². The van der Waals surface area contributed by atoms with E-state index in [2.05, 4.69) is 12.2 Å². The number of nitro benzene ring substituents is 1. The highest BCUT2D eigenvalue weighted by Gasteiger charge is 2.31. The van der Waals surface area contributed by atoms with Crippen LogP contribution in [0.25, 0.3) is 0 Å². The van der Waals surface area contributed by atoms with Gasteiger partial charge in [0.05, 0.1) is 17.1 Å². The molecule has 3 unspecified atom stereocenters. The summed E-state index contributed by atoms with van der Waals surface area (Å²) in [7, 11) is 0. The summed E-state index contributed by atoms with van der Waals surface area (Å²) in [4.78, 5) is 9.70. The first-order valence-electron chi connectivity index (χ1n) is 6.30. The van der Waals surface area contributed by atoms with Crippen molar-refractivity contribution in [3.63, 3.8) is 0 Å². The van der Waals surface area contributed by atoms with Crippen LogP contribution in [-0.2, 0) is 0 Å². The van der Waals surface area contributed by atoms with Gasteiger partial charge in [-0.25, -0.2) is 8.78 Å². The zero-order chi connectivity index (χ0) is 14.2. The molecule has 1 aliphatic rings. The smallest absolute Gasteiger partial charge is 0.275 e. The molecule has 1 saturated carbocycles. The van der Waals surface area contributed by atoms with Gasteiger partial charge in [0.15, 0.2) is 11.6 Å². The number of nitrogens with zero attached hydrogens (tertiary/aromatic N) is 1. The highest BCUT2D eigenvalue weighted by atomic mass is 19.1. The van der Waals surface area contributed by atoms with Crippen molar-refractivity contribution in [2.75, 3.05) is 5.32 Å². The van der Waals surface area contributed by atoms with E-state index in [1.807, 2.05) is 6.92 Å². The first-order chi connectivity index (χ1) is 8.90. The molecule has 0 saturated heterocycles. The third-order valence-electron chi connectivity index (χ3n) is 4.03. The van der Waals surface area contributed by atoms with Crippen molar-refractivity contribution in [1.82, 2.24) is 0 Å². The van der Waals surface area contributed by atoms with Crippen LogP contribution in [-0.4, -0.2) is 11.0 Å². The standard InChI is InChI=1S/C13H16F2N2O2/c1-7-3-4-12(8(7)2)16-13-10(14)5-9(17(18)19)6-11(13)15/h5-8,12,16H,3-4H2,1-2H3. The van der Waals surface area contributed by atoms with E-state index < -0.39 is 22.2 Å². The fourth-order valence-corrected chi connectivity index (χ4v) is 2.56. The fraction of sp³-hybridized carbons (Fsp3) is 0.538. The lowest BCUT2D eigenvalue weighted by Crippen LogP contribution is -2.25. The van der Waals surface area contributed by atoms with Gasteiger partial charge in [-0.1, -0.05) is 13.8 Å². The van der Waals surface area contributed by atoms with Crippen LogP contribution >= 0.6 is 0 Å². The minimum atomic E-state index is -0.918. The number of nitro groups is 1. The Labute approximate surface area is 110 Å². The van der Waals surface area contributed by atoms with Crippen LogP contribution in [0.4, 0.5) is 20.2 Å². The third kappa shape index (κ3) is 2.67. The molecule has 1 fully saturated rings. The maximum Gasteiger partial charge on any atom is 0.275 e. The molecular formula is C13H16F2N2O2. The van der Waals surface area contributed by atoms with Crippen molar-refractivity contribution in [3.05, 3.63) is 33.9 Å². The van der Waals surface area contributed by atoms with E-state index in [0.29, 0.717) is 11.8 Å². The van der Waals surface area contributed by atoms with Gasteiger partial charge in [0, 0.05) is 6.04 Å². The Morgan fingerprint density at radius 3 is 2.26 bits per heavy atom. The second-order valence-electron chi connectivity index (χ2n) is 5.21. The number of hydrogen-bond donors (Lipinski definition) is 1. The quantitative estimate of drug-likeness (QED) is 0.672. The van der Waals surface area contributed by atoms with Crippen molar-refractivity contribution >= 4 is 11.4 Å². The molecular weight excluding hydrogens is 254 g/mol. The Morgan fingerprint density at radius 2 is 1.84 bits per heavy atom. The summed E-state index contributed by atoms with van der Waals surface area (Å²) < 4.78 is 27.5. The fourth-order valence-electron chi connectivity index (χ4n) is 2.56. The number of hydrogen-bond acceptors (Lipinski definition) is 3. The number of rotatable bonds is 3. The van der Waals surface area contributed by atoms with Gasteiger partial charge in [0.25, 0.3) is 5.69 Å². The Morgan fingerprint density at radius 1 is 1.26 bits per heavy atom. The summed E-state index contributed by atoms with van der Waals surface area (Å²) >= 11 is 0. The highest BCUT2D eigenvalue weighted by molar-refractivity contribution is 5.52. The molecule has 0 heterocycles. The van der Waals surface area contributed by atoms with Gasteiger partial charge in [-0.05, 0) is 24.7 Å². The number of benzene rings is 1. The molecule has 0 aliphatic heterocycles. The summed E-state index contributed by atoms with van der Waals surface area (Å²) in [5.74, 6) is -1.02. The molecule has 1 N–H and O–H groups in total. The van der Waals surface area contributed by atoms with Crippen molar-refractivity contribution in [1.29, 1.82) is 0 Å². The van der Waals surface area contributed by atoms with Crippen LogP contribution in [0, 0.1) is 33.6 Å². The summed E-state index contributed by atoms with van der Waals surface area (Å²) in [5, 5.41) is 13.4. The maximum atomic E-state index is 13.7. The van der Waals surface area contributed by atoms with Gasteiger partial charge in [-0.2, -0.15) is 0 Å². The van der Waals surface area contributed by atoms with Gasteiger partial charge in [-0.15, -0.1) is 0 Å². The largest absolute Gasteiger partial charge is 0.377 e. The Balaban J connectivity index is 2.24. The Bertz CT molecular complexity index is 484. The van der Waals surface area contributed by atoms with E-state index in [1.54, 1.807) is 0 Å². The minimum Gasteiger partial charge on any atom is -0.377 e. The first-order valence-corrected chi connectivity index (χ1v) is 6.30. The molecule has 0 aromatic heterocycles. The molecule has 1 aliphatic carbocycles. The average molecular weight is 270 g/mol. The van der Waals surface area contributed by atoms with Crippen LogP contribution in [0.1, 0.15) is 26.7 Å². The highest BCUT2D eigenvalue weighted by Crippen LogP contribution is 2.35. The Kier molecular flexibility index (Phi) is 3.68. The van der Waals surface area contributed by atoms with Crippen LogP contribution in [0.2, 0.25) is 0 Å². The van der Waals surface area contributed by atoms with Gasteiger partial charge < -0.3 is 5.32 Å². The Hall–Kier alpha value is -1.72. The van der Waals surface area contributed by atoms with Crippen LogP contribution in [0.15, 0.2) is 12.1 Å². The summed E-state index contributed by atoms with van der Waals surface area (Å²) in [5.41, 5.74) is -0.843. The summed E-state index contributed by atoms with van der Waals surface area (Å²) in [6, 6.07) is 1.49. The predicted molar refractivity (Wildman–Crippen MR) is 68.0 cm³/mol. The van der Waals surface area contributed by atoms with E-state index >= 15 is 0 Å². The number of anilines is 1. The van der Waals surface area contributed by atoms with E-state index in [-0.39, 0.29) is 11.7 Å². The molecule has 1 aromatic carbocycles. The number of nitrogens with one attached hydrogen (secondary N) is 1. The molecule has 0 radical (unpaired) electrons. The monoisotopic (exact) mass is 270 g/mol. The second kappa shape index (κ2) is 5.11. The van der Waals surface area contributed by atoms with Crippen molar-refractivity contribution in [3.8, 4) is 0 Å². The summed E-state index contributed by atoms with van der Waals surface area (Å²) in [6.45, 7) is 4.14. The van der Waals surface area contributed by atoms with Gasteiger partial charge in [0.2, 0.25) is 0 Å². The average Bonchev–Trinajstić information content (AvgIpc) is 2.65. The van der Waals surface area contributed by atoms with Gasteiger partial charge >= 0.3 is 0 Å². The molecule has 2 rings (SSSR count). The number of non-ortho nitro benzene ring substituents is 1. The maximum absolute atomic E-state index is 13.7. The van der Waals surface area contributed by atoms with Crippen molar-refractivity contribution < 1.29 is 13.7 Å². The topological polar surface area (TPSA) is 55.2 Å². The molecule has 0 bridgehead atoms. The zero-order valence-corrected chi connectivity index (χ0v) is 10.8. The molecule has 104 valence electrons. The molecule has 3 atom stereocenters. The molecule has 19 heavy (non-hydrogen) atoms. The zero-order valence-electron chi connectivity index (χ0n) is 10.8. The molecule has 0 amide bonds. The lowest BCUT2D eigenvalue weighted by atomic mass is 9.97. The molecule has 0 spiro atoms. The minimum absolute atomic E-state index is 0.000422. The van der Waals surface area contributed by atoms with E-state index in [0.717, 1.165) is 25.0 Å². The SMILES string of the molecule is CC1CCC(Nc2c(F)cc([N+](=O)[O-])cc2F)C1C. The van der Waals surface area contributed by atoms with E-state index in [4.69, 9.17) is 0 Å². The molecule has 1 aromatic rings. The second-order valence-corrected chi connectivity index (χ2v) is 5.21. The normalized spacial score (nSPS) is 26.4. The van der Waals surface area contributed by atoms with Crippen LogP contribution < -0.4 is 5.32 Å². The lowest BCUT2D eigenvalue weighted by molar-refractivity contribution is -0.385. The van der Waals surface area contributed by atoms with E-state index in [9.17, 15) is 18.9 Å². The van der Waals surface area contributed by atoms with Gasteiger partial charge in [-0.3, -0.25) is 10.1 Å².